The van der Waals surface area contributed by atoms with Crippen LogP contribution in [-0.4, -0.2) is 19.6 Å². The number of aromatic hydroxyl groups is 1. The highest BCUT2D eigenvalue weighted by Crippen LogP contribution is 2.44. The molecule has 0 unspecified atom stereocenters. The maximum absolute atomic E-state index is 12.4. The van der Waals surface area contributed by atoms with Gasteiger partial charge in [0.15, 0.2) is 0 Å². The number of imidazole rings is 1. The Morgan fingerprint density at radius 2 is 1.36 bits per heavy atom. The number of hydrogen-bond donors (Lipinski definition) is 1. The largest absolute Gasteiger partial charge is 0.507 e. The van der Waals surface area contributed by atoms with E-state index in [4.69, 9.17) is 27.8 Å². The number of nitrogens with zero attached hydrogens (tertiary/aromatic N) is 3. The van der Waals surface area contributed by atoms with Crippen LogP contribution in [0.15, 0.2) is 140 Å². The van der Waals surface area contributed by atoms with E-state index in [-0.39, 0.29) is 28.7 Å². The molecule has 0 aliphatic carbocycles. The molecule has 0 spiro atoms. The zero-order valence-corrected chi connectivity index (χ0v) is 38.2. The number of hydrogen-bond acceptors (Lipinski definition) is 3. The lowest BCUT2D eigenvalue weighted by Gasteiger charge is -2.22. The summed E-state index contributed by atoms with van der Waals surface area (Å²) in [4.78, 5) is 10.3. The fraction of sp³-hybridized carbons (Fsp3) is 0.300. The second kappa shape index (κ2) is 17.4. The van der Waals surface area contributed by atoms with Crippen LogP contribution < -0.4 is 0 Å². The summed E-state index contributed by atoms with van der Waals surface area (Å²) in [5.41, 5.74) is 5.98. The van der Waals surface area contributed by atoms with E-state index in [2.05, 4.69) is 109 Å². The van der Waals surface area contributed by atoms with Crippen molar-refractivity contribution in [2.45, 2.75) is 112 Å². The number of pyridine rings is 1. The molecular formula is C60H65N3O. The number of phenolic OH excluding ortho intramolecular Hbond substituents is 1. The van der Waals surface area contributed by atoms with Crippen LogP contribution in [0, 0.1) is 5.92 Å². The second-order valence-corrected chi connectivity index (χ2v) is 19.1. The van der Waals surface area contributed by atoms with Gasteiger partial charge in [-0.25, -0.2) is 4.98 Å². The van der Waals surface area contributed by atoms with Crippen molar-refractivity contribution in [3.63, 3.8) is 0 Å². The number of rotatable bonds is 10. The number of aromatic nitrogens is 3. The van der Waals surface area contributed by atoms with Crippen LogP contribution in [-0.2, 0) is 17.3 Å². The van der Waals surface area contributed by atoms with Crippen molar-refractivity contribution >= 4 is 11.0 Å². The van der Waals surface area contributed by atoms with E-state index in [0.717, 1.165) is 56.6 Å². The predicted molar refractivity (Wildman–Crippen MR) is 272 cm³/mol. The number of phenols is 1. The van der Waals surface area contributed by atoms with Gasteiger partial charge in [0.2, 0.25) is 0 Å². The van der Waals surface area contributed by atoms with Crippen LogP contribution in [0.1, 0.15) is 140 Å². The van der Waals surface area contributed by atoms with Gasteiger partial charge in [-0.3, -0.25) is 9.55 Å². The number of benzene rings is 6. The van der Waals surface area contributed by atoms with Crippen molar-refractivity contribution in [3.05, 3.63) is 167 Å². The molecule has 4 heteroatoms. The van der Waals surface area contributed by atoms with E-state index in [1.165, 1.54) is 17.8 Å². The van der Waals surface area contributed by atoms with Gasteiger partial charge in [-0.1, -0.05) is 168 Å². The average molecular weight is 857 g/mol. The smallest absolute Gasteiger partial charge is 0.149 e. The van der Waals surface area contributed by atoms with E-state index in [1.807, 2.05) is 54.6 Å². The van der Waals surface area contributed by atoms with Crippen LogP contribution in [0.3, 0.4) is 0 Å². The van der Waals surface area contributed by atoms with Crippen LogP contribution in [0.5, 0.6) is 5.75 Å². The Morgan fingerprint density at radius 3 is 2.03 bits per heavy atom. The van der Waals surface area contributed by atoms with Gasteiger partial charge >= 0.3 is 0 Å². The lowest BCUT2D eigenvalue weighted by atomic mass is 9.83. The zero-order chi connectivity index (χ0) is 56.6. The van der Waals surface area contributed by atoms with Crippen LogP contribution in [0.25, 0.3) is 72.7 Å². The van der Waals surface area contributed by atoms with Crippen molar-refractivity contribution in [2.24, 2.45) is 5.92 Å². The number of para-hydroxylation sites is 1. The maximum atomic E-state index is 12.4. The molecule has 1 N–H and O–H groups in total. The van der Waals surface area contributed by atoms with Crippen LogP contribution in [0.2, 0.25) is 0 Å². The summed E-state index contributed by atoms with van der Waals surface area (Å²) in [5.74, 6) is 1.29. The minimum absolute atomic E-state index is 0.00766. The minimum Gasteiger partial charge on any atom is -0.507 e. The third-order valence-electron chi connectivity index (χ3n) is 11.9. The molecule has 0 bridgehead atoms. The van der Waals surface area contributed by atoms with Gasteiger partial charge in [-0.2, -0.15) is 0 Å². The zero-order valence-electron chi connectivity index (χ0n) is 51.2. The van der Waals surface area contributed by atoms with Crippen molar-refractivity contribution < 1.29 is 22.9 Å². The molecule has 2 aromatic heterocycles. The molecule has 326 valence electrons. The van der Waals surface area contributed by atoms with Gasteiger partial charge in [-0.15, -0.1) is 0 Å². The highest BCUT2D eigenvalue weighted by Gasteiger charge is 2.26. The molecule has 0 fully saturated rings. The highest BCUT2D eigenvalue weighted by molar-refractivity contribution is 5.98. The Hall–Kier alpha value is -6.26. The first kappa shape index (κ1) is 30.8. The Bertz CT molecular complexity index is 3480. The SMILES string of the molecule is [2H]c1c([2H])c(C(C([2H])([2H])[2H])(C([2H])([2H])[2H])C([2H])([2H])[2H])c([2H])c([2H])c1-c1ccnc(-c2cc(-c3cccc4c3nc(-c3cc(C(C)C)cc(C(C)C)c3O)n4-c3ccc(CC(C)C)cc3-c3ccccc3)cc(C(C)(C)C)c2)c1. The van der Waals surface area contributed by atoms with Gasteiger partial charge in [-0.05, 0) is 134 Å². The lowest BCUT2D eigenvalue weighted by molar-refractivity contribution is 0.466. The van der Waals surface area contributed by atoms with Crippen molar-refractivity contribution in [3.8, 4) is 67.5 Å². The summed E-state index contributed by atoms with van der Waals surface area (Å²) in [6.07, 6.45) is 2.32. The Balaban J connectivity index is 1.40. The topological polar surface area (TPSA) is 50.9 Å². The van der Waals surface area contributed by atoms with Crippen LogP contribution >= 0.6 is 0 Å². The van der Waals surface area contributed by atoms with Crippen molar-refractivity contribution in [1.29, 1.82) is 0 Å². The van der Waals surface area contributed by atoms with Crippen molar-refractivity contribution in [1.82, 2.24) is 14.5 Å². The lowest BCUT2D eigenvalue weighted by Crippen LogP contribution is -2.11. The molecule has 2 heterocycles. The third kappa shape index (κ3) is 8.93. The summed E-state index contributed by atoms with van der Waals surface area (Å²) in [6, 6.07) is 32.3. The maximum Gasteiger partial charge on any atom is 0.149 e. The molecule has 64 heavy (non-hydrogen) atoms. The normalized spacial score (nSPS) is 15.8. The van der Waals surface area contributed by atoms with Gasteiger partial charge in [0.1, 0.15) is 11.6 Å². The quantitative estimate of drug-likeness (QED) is 0.149. The van der Waals surface area contributed by atoms with Gasteiger partial charge < -0.3 is 5.11 Å². The molecule has 0 aliphatic heterocycles. The molecule has 8 aromatic rings. The first-order chi connectivity index (χ1) is 35.8. The third-order valence-corrected chi connectivity index (χ3v) is 11.9. The number of fused-ring (bicyclic) bond motifs is 1. The molecule has 4 nitrogen and oxygen atoms in total. The first-order valence-electron chi connectivity index (χ1n) is 28.6. The summed E-state index contributed by atoms with van der Waals surface area (Å²) < 4.78 is 113. The minimum atomic E-state index is -3.80. The van der Waals surface area contributed by atoms with E-state index >= 15 is 0 Å². The Kier molecular flexibility index (Phi) is 8.35. The van der Waals surface area contributed by atoms with E-state index in [0.29, 0.717) is 34.1 Å². The fourth-order valence-electron chi connectivity index (χ4n) is 8.36. The summed E-state index contributed by atoms with van der Waals surface area (Å²) in [6.45, 7) is 7.66. The fourth-order valence-corrected chi connectivity index (χ4v) is 8.36. The van der Waals surface area contributed by atoms with E-state index in [9.17, 15) is 5.11 Å². The van der Waals surface area contributed by atoms with E-state index < -0.39 is 61.1 Å². The predicted octanol–water partition coefficient (Wildman–Crippen LogP) is 16.5. The summed E-state index contributed by atoms with van der Waals surface area (Å²) in [5, 5.41) is 12.4. The monoisotopic (exact) mass is 857 g/mol. The van der Waals surface area contributed by atoms with Gasteiger partial charge in [0.25, 0.3) is 0 Å². The highest BCUT2D eigenvalue weighted by atomic mass is 16.3. The average Bonchev–Trinajstić information content (AvgIpc) is 3.83. The molecule has 0 atom stereocenters. The molecule has 0 saturated heterocycles. The Labute approximate surface area is 400 Å². The van der Waals surface area contributed by atoms with Gasteiger partial charge in [0.05, 0.1) is 33.5 Å². The molecule has 6 aromatic carbocycles. The standard InChI is InChI=1S/C60H65N3O/c1-37(2)29-40-21-26-54(51(30-40)42-17-14-13-15-18-42)63-55-20-16-19-49(56(55)62-58(63)52-35-44(38(3)4)34-50(39(5)6)57(52)64)45-31-46(33-48(32-45)60(10,11)12)53-36-43(27-28-61-53)41-22-24-47(25-23-41)59(7,8)9/h13-28,30-39,64H,29H2,1-12H3/i7D3,8D3,9D3,22D,23D,24D,25D. The molecule has 0 amide bonds. The molecule has 0 radical (unpaired) electrons. The van der Waals surface area contributed by atoms with Gasteiger partial charge in [0, 0.05) is 35.2 Å². The molecule has 0 aliphatic rings. The molecular weight excluding hydrogens is 779 g/mol. The first-order valence-corrected chi connectivity index (χ1v) is 22.1. The molecule has 8 rings (SSSR count). The summed E-state index contributed by atoms with van der Waals surface area (Å²) >= 11 is 0. The van der Waals surface area contributed by atoms with Crippen LogP contribution in [0.4, 0.5) is 0 Å². The second-order valence-electron chi connectivity index (χ2n) is 19.1. The Morgan fingerprint density at radius 1 is 0.625 bits per heavy atom. The summed E-state index contributed by atoms with van der Waals surface area (Å²) in [7, 11) is 0. The van der Waals surface area contributed by atoms with Crippen molar-refractivity contribution in [2.75, 3.05) is 0 Å². The molecule has 0 saturated carbocycles. The van der Waals surface area contributed by atoms with E-state index in [1.54, 1.807) is 6.07 Å².